The molecular weight excluding hydrogens is 346 g/mol. The first-order chi connectivity index (χ1) is 12.6. The number of nitrogens with zero attached hydrogens (tertiary/aromatic N) is 4. The molecule has 3 aliphatic rings. The number of tetrazole rings is 1. The molecule has 1 aromatic rings. The first-order valence-electron chi connectivity index (χ1n) is 10.4. The summed E-state index contributed by atoms with van der Waals surface area (Å²) in [5.74, 6) is 2.53. The Hall–Kier alpha value is -1.11. The van der Waals surface area contributed by atoms with Crippen LogP contribution in [0.15, 0.2) is 5.16 Å². The lowest BCUT2D eigenvalue weighted by Crippen LogP contribution is -2.43. The molecule has 1 N–H and O–H groups in total. The van der Waals surface area contributed by atoms with Gasteiger partial charge < -0.3 is 5.32 Å². The molecule has 0 radical (unpaired) electrons. The second-order valence-electron chi connectivity index (χ2n) is 8.59. The van der Waals surface area contributed by atoms with Crippen molar-refractivity contribution in [3.05, 3.63) is 0 Å². The van der Waals surface area contributed by atoms with Gasteiger partial charge in [-0.1, -0.05) is 37.4 Å². The van der Waals surface area contributed by atoms with Crippen molar-refractivity contribution in [2.75, 3.05) is 0 Å². The summed E-state index contributed by atoms with van der Waals surface area (Å²) in [6.07, 6.45) is 11.5. The Kier molecular flexibility index (Phi) is 5.53. The number of nitrogens with one attached hydrogen (secondary N) is 1. The standard InChI is InChI=1S/C19H31N5OS/c1-12(17-11-14-8-9-15(17)10-14)20-18(25)13(2)26-19-21-22-23-24(19)16-6-4-3-5-7-16/h12-17H,3-11H2,1-2H3,(H,20,25). The van der Waals surface area contributed by atoms with Crippen molar-refractivity contribution in [2.24, 2.45) is 17.8 Å². The largest absolute Gasteiger partial charge is 0.352 e. The summed E-state index contributed by atoms with van der Waals surface area (Å²) < 4.78 is 1.95. The number of rotatable bonds is 6. The summed E-state index contributed by atoms with van der Waals surface area (Å²) >= 11 is 1.49. The second kappa shape index (κ2) is 7.87. The summed E-state index contributed by atoms with van der Waals surface area (Å²) in [6.45, 7) is 4.15. The van der Waals surface area contributed by atoms with E-state index in [1.807, 2.05) is 11.6 Å². The molecule has 4 rings (SSSR count). The van der Waals surface area contributed by atoms with Crippen molar-refractivity contribution in [1.29, 1.82) is 0 Å². The van der Waals surface area contributed by atoms with Gasteiger partial charge in [-0.15, -0.1) is 5.10 Å². The first-order valence-corrected chi connectivity index (χ1v) is 11.2. The zero-order valence-corrected chi connectivity index (χ0v) is 16.7. The lowest BCUT2D eigenvalue weighted by molar-refractivity contribution is -0.121. The lowest BCUT2D eigenvalue weighted by Gasteiger charge is -2.29. The number of carbonyl (C=O) groups is 1. The maximum Gasteiger partial charge on any atom is 0.233 e. The van der Waals surface area contributed by atoms with E-state index in [2.05, 4.69) is 27.8 Å². The normalized spacial score (nSPS) is 31.1. The molecule has 0 aromatic carbocycles. The average Bonchev–Trinajstić information content (AvgIpc) is 3.39. The van der Waals surface area contributed by atoms with Crippen molar-refractivity contribution in [2.45, 2.75) is 94.1 Å². The highest BCUT2D eigenvalue weighted by Gasteiger charge is 2.42. The smallest absolute Gasteiger partial charge is 0.233 e. The molecule has 3 aliphatic carbocycles. The molecule has 3 fully saturated rings. The van der Waals surface area contributed by atoms with Crippen LogP contribution >= 0.6 is 11.8 Å². The van der Waals surface area contributed by atoms with Gasteiger partial charge in [-0.25, -0.2) is 4.68 Å². The molecule has 0 spiro atoms. The number of amides is 1. The van der Waals surface area contributed by atoms with E-state index in [1.54, 1.807) is 0 Å². The molecule has 3 saturated carbocycles. The Labute approximate surface area is 160 Å². The topological polar surface area (TPSA) is 72.7 Å². The van der Waals surface area contributed by atoms with Gasteiger partial charge in [-0.05, 0) is 74.1 Å². The van der Waals surface area contributed by atoms with Gasteiger partial charge in [0, 0.05) is 6.04 Å². The Bertz CT molecular complexity index is 629. The summed E-state index contributed by atoms with van der Waals surface area (Å²) in [5.41, 5.74) is 0. The van der Waals surface area contributed by atoms with Crippen molar-refractivity contribution < 1.29 is 4.79 Å². The van der Waals surface area contributed by atoms with Crippen LogP contribution in [0.25, 0.3) is 0 Å². The van der Waals surface area contributed by atoms with Crippen LogP contribution in [0.2, 0.25) is 0 Å². The van der Waals surface area contributed by atoms with Crippen LogP contribution in [-0.2, 0) is 4.79 Å². The molecule has 5 unspecified atom stereocenters. The van der Waals surface area contributed by atoms with Gasteiger partial charge in [0.25, 0.3) is 0 Å². The van der Waals surface area contributed by atoms with Crippen LogP contribution in [0.3, 0.4) is 0 Å². The monoisotopic (exact) mass is 377 g/mol. The van der Waals surface area contributed by atoms with E-state index in [0.717, 1.165) is 29.8 Å². The quantitative estimate of drug-likeness (QED) is 0.767. The average molecular weight is 378 g/mol. The predicted octanol–water partition coefficient (Wildman–Crippen LogP) is 3.60. The summed E-state index contributed by atoms with van der Waals surface area (Å²) in [7, 11) is 0. The van der Waals surface area contributed by atoms with Gasteiger partial charge in [-0.3, -0.25) is 4.79 Å². The minimum absolute atomic E-state index is 0.114. The van der Waals surface area contributed by atoms with Gasteiger partial charge in [0.05, 0.1) is 11.3 Å². The van der Waals surface area contributed by atoms with Gasteiger partial charge in [0.2, 0.25) is 11.1 Å². The highest BCUT2D eigenvalue weighted by Crippen LogP contribution is 2.49. The fraction of sp³-hybridized carbons (Fsp3) is 0.895. The molecule has 2 bridgehead atoms. The van der Waals surface area contributed by atoms with Crippen LogP contribution in [0.4, 0.5) is 0 Å². The fourth-order valence-electron chi connectivity index (χ4n) is 5.38. The van der Waals surface area contributed by atoms with E-state index in [9.17, 15) is 4.79 Å². The highest BCUT2D eigenvalue weighted by atomic mass is 32.2. The predicted molar refractivity (Wildman–Crippen MR) is 102 cm³/mol. The fourth-order valence-corrected chi connectivity index (χ4v) is 6.25. The summed E-state index contributed by atoms with van der Waals surface area (Å²) in [6, 6.07) is 0.666. The Morgan fingerprint density at radius 2 is 1.96 bits per heavy atom. The Morgan fingerprint density at radius 1 is 1.15 bits per heavy atom. The van der Waals surface area contributed by atoms with Gasteiger partial charge >= 0.3 is 0 Å². The molecule has 26 heavy (non-hydrogen) atoms. The third-order valence-corrected chi connectivity index (χ3v) is 7.89. The zero-order chi connectivity index (χ0) is 18.1. The summed E-state index contributed by atoms with van der Waals surface area (Å²) in [4.78, 5) is 12.7. The molecule has 1 heterocycles. The van der Waals surface area contributed by atoms with Crippen LogP contribution in [0.1, 0.15) is 77.7 Å². The molecule has 0 aliphatic heterocycles. The van der Waals surface area contributed by atoms with Crippen LogP contribution in [0, 0.1) is 17.8 Å². The molecule has 144 valence electrons. The van der Waals surface area contributed by atoms with Crippen LogP contribution in [-0.4, -0.2) is 37.4 Å². The van der Waals surface area contributed by atoms with Crippen LogP contribution < -0.4 is 5.32 Å². The molecule has 0 saturated heterocycles. The maximum absolute atomic E-state index is 12.7. The molecule has 6 nitrogen and oxygen atoms in total. The van der Waals surface area contributed by atoms with Crippen molar-refractivity contribution >= 4 is 17.7 Å². The number of hydrogen-bond donors (Lipinski definition) is 1. The number of hydrogen-bond acceptors (Lipinski definition) is 5. The molecule has 5 atom stereocenters. The third kappa shape index (κ3) is 3.78. The van der Waals surface area contributed by atoms with Gasteiger partial charge in [0.1, 0.15) is 0 Å². The Morgan fingerprint density at radius 3 is 2.65 bits per heavy atom. The maximum atomic E-state index is 12.7. The first kappa shape index (κ1) is 18.3. The lowest BCUT2D eigenvalue weighted by atomic mass is 9.84. The Balaban J connectivity index is 1.32. The van der Waals surface area contributed by atoms with E-state index >= 15 is 0 Å². The number of carbonyl (C=O) groups excluding carboxylic acids is 1. The van der Waals surface area contributed by atoms with E-state index in [1.165, 1.54) is 56.7 Å². The number of thioether (sulfide) groups is 1. The SMILES string of the molecule is CC(Sc1nnnn1C1CCCCC1)C(=O)NC(C)C1CC2CCC1C2. The molecule has 7 heteroatoms. The van der Waals surface area contributed by atoms with Gasteiger partial charge in [-0.2, -0.15) is 0 Å². The van der Waals surface area contributed by atoms with Crippen molar-refractivity contribution in [3.8, 4) is 0 Å². The third-order valence-electron chi connectivity index (χ3n) is 6.84. The van der Waals surface area contributed by atoms with Gasteiger partial charge in [0.15, 0.2) is 0 Å². The van der Waals surface area contributed by atoms with E-state index < -0.39 is 0 Å². The zero-order valence-electron chi connectivity index (χ0n) is 15.9. The van der Waals surface area contributed by atoms with Crippen molar-refractivity contribution in [3.63, 3.8) is 0 Å². The van der Waals surface area contributed by atoms with Crippen LogP contribution in [0.5, 0.6) is 0 Å². The van der Waals surface area contributed by atoms with E-state index in [0.29, 0.717) is 12.0 Å². The van der Waals surface area contributed by atoms with E-state index in [4.69, 9.17) is 0 Å². The number of fused-ring (bicyclic) bond motifs is 2. The molecular formula is C19H31N5OS. The minimum atomic E-state index is -0.176. The van der Waals surface area contributed by atoms with E-state index in [-0.39, 0.29) is 17.2 Å². The molecule has 1 aromatic heterocycles. The second-order valence-corrected chi connectivity index (χ2v) is 9.90. The summed E-state index contributed by atoms with van der Waals surface area (Å²) in [5, 5.41) is 16.1. The van der Waals surface area contributed by atoms with Crippen molar-refractivity contribution in [1.82, 2.24) is 25.5 Å². The highest BCUT2D eigenvalue weighted by molar-refractivity contribution is 8.00. The number of aromatic nitrogens is 4. The molecule has 1 amide bonds. The minimum Gasteiger partial charge on any atom is -0.352 e.